The van der Waals surface area contributed by atoms with Gasteiger partial charge in [-0.15, -0.1) is 0 Å². The molecule has 14 heteroatoms. The normalized spacial score (nSPS) is 8.71. The maximum atomic E-state index is 10.0. The molecule has 49 heavy (non-hydrogen) atoms. The summed E-state index contributed by atoms with van der Waals surface area (Å²) in [5, 5.41) is 55.7. The predicted octanol–water partition coefficient (Wildman–Crippen LogP) is 8.83. The molecule has 0 rings (SSSR count). The van der Waals surface area contributed by atoms with Crippen molar-refractivity contribution in [1.29, 1.82) is 0 Å². The van der Waals surface area contributed by atoms with Gasteiger partial charge in [0.05, 0.1) is 0 Å². The molecule has 294 valence electrons. The smallest absolute Gasteiger partial charge is 0.303 e. The summed E-state index contributed by atoms with van der Waals surface area (Å²) in [5.74, 6) is -5.01. The molecule has 0 saturated heterocycles. The van der Waals surface area contributed by atoms with Crippen LogP contribution in [-0.4, -0.2) is 77.5 Å². The van der Waals surface area contributed by atoms with E-state index in [1.807, 2.05) is 13.8 Å². The van der Waals surface area contributed by atoms with E-state index < -0.39 is 41.8 Å². The van der Waals surface area contributed by atoms with Crippen molar-refractivity contribution in [2.24, 2.45) is 0 Å². The van der Waals surface area contributed by atoms with E-state index in [4.69, 9.17) is 40.5 Å². The van der Waals surface area contributed by atoms with E-state index in [2.05, 4.69) is 20.8 Å². The second-order valence-corrected chi connectivity index (χ2v) is 10.5. The van der Waals surface area contributed by atoms with Gasteiger partial charge in [-0.3, -0.25) is 33.6 Å². The molecule has 0 aliphatic carbocycles. The number of carboxylic acid groups (broad SMARTS) is 7. The highest BCUT2D eigenvalue weighted by atomic mass is 16.4. The molecule has 0 aliphatic rings. The molecular weight excluding hydrogens is 644 g/mol. The van der Waals surface area contributed by atoms with E-state index in [0.29, 0.717) is 32.1 Å². The third-order valence-corrected chi connectivity index (χ3v) is 5.24. The van der Waals surface area contributed by atoms with Crippen LogP contribution in [0.15, 0.2) is 0 Å². The zero-order valence-corrected chi connectivity index (χ0v) is 31.3. The van der Waals surface area contributed by atoms with Crippen molar-refractivity contribution in [2.75, 3.05) is 0 Å². The third-order valence-electron chi connectivity index (χ3n) is 5.24. The van der Waals surface area contributed by atoms with E-state index in [9.17, 15) is 28.8 Å². The van der Waals surface area contributed by atoms with Gasteiger partial charge in [-0.2, -0.15) is 0 Å². The molecule has 0 unspecified atom stereocenters. The highest BCUT2D eigenvalue weighted by Crippen LogP contribution is 2.04. The van der Waals surface area contributed by atoms with Crippen LogP contribution in [0.3, 0.4) is 0 Å². The number of hydrogen-bond acceptors (Lipinski definition) is 7. The molecule has 0 aromatic carbocycles. The molecule has 0 bridgehead atoms. The summed E-state index contributed by atoms with van der Waals surface area (Å²) in [6.07, 6.45) is 17.0. The lowest BCUT2D eigenvalue weighted by Gasteiger charge is -1.95. The van der Waals surface area contributed by atoms with Crippen LogP contribution in [0.5, 0.6) is 0 Å². The van der Waals surface area contributed by atoms with Crippen molar-refractivity contribution in [1.82, 2.24) is 0 Å². The first-order chi connectivity index (χ1) is 22.9. The SMILES string of the molecule is CC(=O)O.CCC(=O)O.CCCC(=O)O.CCCCC(=O)O.CCCCCC(=O)O.CCCCCCC(=O)O.CCCCCCCC(=O)O. The third kappa shape index (κ3) is 146. The van der Waals surface area contributed by atoms with E-state index >= 15 is 0 Å². The van der Waals surface area contributed by atoms with Gasteiger partial charge in [-0.1, -0.05) is 106 Å². The predicted molar refractivity (Wildman–Crippen MR) is 190 cm³/mol. The minimum absolute atomic E-state index is 0.222. The average Bonchev–Trinajstić information content (AvgIpc) is 2.99. The minimum atomic E-state index is -0.833. The summed E-state index contributed by atoms with van der Waals surface area (Å²) in [4.78, 5) is 67.6. The molecule has 0 aromatic heterocycles. The highest BCUT2D eigenvalue weighted by Gasteiger charge is 1.96. The van der Waals surface area contributed by atoms with Crippen molar-refractivity contribution in [3.8, 4) is 0 Å². The lowest BCUT2D eigenvalue weighted by Crippen LogP contribution is -1.93. The number of unbranched alkanes of at least 4 members (excludes halogenated alkanes) is 10. The summed E-state index contributed by atoms with van der Waals surface area (Å²) < 4.78 is 0. The van der Waals surface area contributed by atoms with Gasteiger partial charge in [0.2, 0.25) is 0 Å². The first-order valence-electron chi connectivity index (χ1n) is 17.4. The van der Waals surface area contributed by atoms with Crippen LogP contribution >= 0.6 is 0 Å². The van der Waals surface area contributed by atoms with Crippen LogP contribution in [-0.2, 0) is 33.6 Å². The van der Waals surface area contributed by atoms with Crippen molar-refractivity contribution >= 4 is 41.8 Å². The molecule has 0 atom stereocenters. The molecular formula is C35H70O14. The summed E-state index contributed by atoms with van der Waals surface area (Å²) in [5.41, 5.74) is 0. The monoisotopic (exact) mass is 714 g/mol. The number of carbonyl (C=O) groups is 7. The molecule has 0 radical (unpaired) electrons. The maximum absolute atomic E-state index is 10.0. The van der Waals surface area contributed by atoms with Gasteiger partial charge in [0.25, 0.3) is 5.97 Å². The Kier molecular flexibility index (Phi) is 70.0. The Morgan fingerprint density at radius 1 is 0.306 bits per heavy atom. The van der Waals surface area contributed by atoms with Gasteiger partial charge < -0.3 is 35.7 Å². The van der Waals surface area contributed by atoms with Crippen molar-refractivity contribution < 1.29 is 69.3 Å². The van der Waals surface area contributed by atoms with Crippen LogP contribution < -0.4 is 0 Å². The van der Waals surface area contributed by atoms with E-state index in [1.54, 1.807) is 6.92 Å². The van der Waals surface area contributed by atoms with Gasteiger partial charge >= 0.3 is 35.8 Å². The standard InChI is InChI=1S/C8H16O2.C7H14O2.C6H12O2.C5H10O2.C4H8O2.C3H6O2.C2H4O2/c1-2-3-4-5-6-7-8(9)10;1-2-3-4-5-6-7(8)9;1-2-3-4-5-6(7)8;1-2-3-4-5(6)7;1-2-3-4(5)6;1-2-3(4)5;1-2(3)4/h2-7H2,1H3,(H,9,10);2-6H2,1H3,(H,8,9);2-5H2,1H3,(H,7,8);2-4H2,1H3,(H,6,7);2-3H2,1H3,(H,5,6);2H2,1H3,(H,4,5);1H3,(H,3,4). The first kappa shape index (κ1) is 60.6. The Balaban J connectivity index is -0.0000000855. The highest BCUT2D eigenvalue weighted by molar-refractivity contribution is 5.67. The van der Waals surface area contributed by atoms with Crippen LogP contribution in [0.1, 0.15) is 183 Å². The Bertz CT molecular complexity index is 763. The number of hydrogen-bond donors (Lipinski definition) is 7. The quantitative estimate of drug-likeness (QED) is 0.0548. The Morgan fingerprint density at radius 2 is 0.510 bits per heavy atom. The molecule has 0 saturated carbocycles. The second-order valence-electron chi connectivity index (χ2n) is 10.5. The summed E-state index contributed by atoms with van der Waals surface area (Å²) in [7, 11) is 0. The molecule has 7 N–H and O–H groups in total. The second kappa shape index (κ2) is 56.6. The van der Waals surface area contributed by atoms with Gasteiger partial charge in [0, 0.05) is 45.4 Å². The molecule has 0 heterocycles. The van der Waals surface area contributed by atoms with Crippen molar-refractivity contribution in [2.45, 2.75) is 183 Å². The molecule has 0 spiro atoms. The van der Waals surface area contributed by atoms with Crippen molar-refractivity contribution in [3.63, 3.8) is 0 Å². The average molecular weight is 715 g/mol. The topological polar surface area (TPSA) is 261 Å². The Hall–Kier alpha value is -3.71. The summed E-state index contributed by atoms with van der Waals surface area (Å²) >= 11 is 0. The van der Waals surface area contributed by atoms with Gasteiger partial charge in [-0.25, -0.2) is 0 Å². The van der Waals surface area contributed by atoms with Crippen LogP contribution in [0.25, 0.3) is 0 Å². The fourth-order valence-electron chi connectivity index (χ4n) is 2.65. The number of rotatable bonds is 21. The lowest BCUT2D eigenvalue weighted by molar-refractivity contribution is -0.138. The van der Waals surface area contributed by atoms with Gasteiger partial charge in [0.1, 0.15) is 0 Å². The summed E-state index contributed by atoms with van der Waals surface area (Å²) in [6, 6.07) is 0. The molecule has 0 fully saturated rings. The van der Waals surface area contributed by atoms with E-state index in [1.165, 1.54) is 25.7 Å². The number of carboxylic acids is 7. The van der Waals surface area contributed by atoms with E-state index in [0.717, 1.165) is 77.6 Å². The van der Waals surface area contributed by atoms with Crippen LogP contribution in [0, 0.1) is 0 Å². The molecule has 14 nitrogen and oxygen atoms in total. The first-order valence-corrected chi connectivity index (χ1v) is 17.4. The Morgan fingerprint density at radius 3 is 0.694 bits per heavy atom. The maximum Gasteiger partial charge on any atom is 0.303 e. The van der Waals surface area contributed by atoms with Crippen LogP contribution in [0.4, 0.5) is 0 Å². The fraction of sp³-hybridized carbons (Fsp3) is 0.800. The zero-order chi connectivity index (χ0) is 39.9. The lowest BCUT2D eigenvalue weighted by atomic mass is 10.1. The molecule has 0 amide bonds. The fourth-order valence-corrected chi connectivity index (χ4v) is 2.65. The largest absolute Gasteiger partial charge is 0.481 e. The van der Waals surface area contributed by atoms with Crippen LogP contribution in [0.2, 0.25) is 0 Å². The van der Waals surface area contributed by atoms with Gasteiger partial charge in [0.15, 0.2) is 0 Å². The summed E-state index contributed by atoms with van der Waals surface area (Å²) in [6.45, 7) is 12.8. The zero-order valence-electron chi connectivity index (χ0n) is 31.3. The minimum Gasteiger partial charge on any atom is -0.481 e. The molecule has 0 aromatic rings. The van der Waals surface area contributed by atoms with Gasteiger partial charge in [-0.05, 0) is 32.1 Å². The Labute approximate surface area is 294 Å². The molecule has 0 aliphatic heterocycles. The number of aliphatic carboxylic acids is 7. The van der Waals surface area contributed by atoms with E-state index in [-0.39, 0.29) is 6.42 Å². The van der Waals surface area contributed by atoms with Crippen molar-refractivity contribution in [3.05, 3.63) is 0 Å².